The zero-order valence-electron chi connectivity index (χ0n) is 9.39. The molecule has 0 atom stereocenters. The highest BCUT2D eigenvalue weighted by Gasteiger charge is 2.23. The van der Waals surface area contributed by atoms with Crippen molar-refractivity contribution >= 4 is 11.8 Å². The maximum Gasteiger partial charge on any atom is 0.229 e. The standard InChI is InChI=1S/C13H14N2.2BrH/c1-4-9-15-11-13-6-2-3-8-14(13)10-7-12(15)5-1;;/h1,3-5,7-10H,2,6,11H2;2*1H/q+2;;/p-2. The van der Waals surface area contributed by atoms with E-state index in [1.807, 2.05) is 0 Å². The number of halogens is 2. The Bertz CT molecular complexity index is 490. The van der Waals surface area contributed by atoms with Gasteiger partial charge in [-0.3, -0.25) is 0 Å². The Kier molecular flexibility index (Phi) is 5.28. The second-order valence-corrected chi connectivity index (χ2v) is 3.97. The summed E-state index contributed by atoms with van der Waals surface area (Å²) in [6.45, 7) is 1.01. The van der Waals surface area contributed by atoms with Crippen LogP contribution in [0.4, 0.5) is 0 Å². The molecule has 2 aliphatic rings. The average Bonchev–Trinajstić information content (AvgIpc) is 2.48. The molecule has 3 heterocycles. The summed E-state index contributed by atoms with van der Waals surface area (Å²) < 4.78 is 4.54. The Morgan fingerprint density at radius 2 is 1.94 bits per heavy atom. The zero-order valence-corrected chi connectivity index (χ0v) is 12.6. The maximum absolute atomic E-state index is 2.30. The van der Waals surface area contributed by atoms with Gasteiger partial charge in [0.05, 0.1) is 6.08 Å². The van der Waals surface area contributed by atoms with Gasteiger partial charge >= 0.3 is 0 Å². The van der Waals surface area contributed by atoms with E-state index in [-0.39, 0.29) is 34.0 Å². The van der Waals surface area contributed by atoms with Gasteiger partial charge < -0.3 is 34.0 Å². The monoisotopic (exact) mass is 356 g/mol. The van der Waals surface area contributed by atoms with E-state index in [1.165, 1.54) is 24.2 Å². The predicted molar refractivity (Wildman–Crippen MR) is 59.3 cm³/mol. The largest absolute Gasteiger partial charge is 1.00 e. The molecule has 1 aromatic rings. The topological polar surface area (TPSA) is 6.89 Å². The van der Waals surface area contributed by atoms with Crippen molar-refractivity contribution in [3.63, 3.8) is 0 Å². The lowest BCUT2D eigenvalue weighted by Crippen LogP contribution is -3.00. The summed E-state index contributed by atoms with van der Waals surface area (Å²) in [5, 5.41) is 0. The minimum Gasteiger partial charge on any atom is -1.00 e. The van der Waals surface area contributed by atoms with Crippen LogP contribution >= 0.6 is 0 Å². The fraction of sp³-hybridized carbons (Fsp3) is 0.231. The molecule has 0 amide bonds. The number of allylic oxidation sites excluding steroid dienone is 1. The van der Waals surface area contributed by atoms with Crippen molar-refractivity contribution in [2.24, 2.45) is 0 Å². The summed E-state index contributed by atoms with van der Waals surface area (Å²) in [6.07, 6.45) is 13.2. The highest BCUT2D eigenvalue weighted by atomic mass is 79.9. The quantitative estimate of drug-likeness (QED) is 0.415. The van der Waals surface area contributed by atoms with Gasteiger partial charge in [0.25, 0.3) is 0 Å². The molecular weight excluding hydrogens is 344 g/mol. The van der Waals surface area contributed by atoms with Crippen LogP contribution in [0.1, 0.15) is 18.5 Å². The molecule has 0 radical (unpaired) electrons. The highest BCUT2D eigenvalue weighted by Crippen LogP contribution is 2.08. The maximum atomic E-state index is 2.30. The molecule has 0 unspecified atom stereocenters. The van der Waals surface area contributed by atoms with Crippen LogP contribution < -0.4 is 38.5 Å². The highest BCUT2D eigenvalue weighted by molar-refractivity contribution is 5.79. The first-order chi connectivity index (χ1) is 7.43. The molecular formula is C13H14Br2N2. The molecule has 0 aromatic carbocycles. The van der Waals surface area contributed by atoms with Crippen molar-refractivity contribution in [1.29, 1.82) is 0 Å². The second kappa shape index (κ2) is 6.26. The molecule has 4 heteroatoms. The van der Waals surface area contributed by atoms with Crippen molar-refractivity contribution in [1.82, 2.24) is 0 Å². The van der Waals surface area contributed by atoms with Crippen LogP contribution in [0.2, 0.25) is 0 Å². The Morgan fingerprint density at radius 1 is 1.06 bits per heavy atom. The number of rotatable bonds is 0. The van der Waals surface area contributed by atoms with E-state index in [0.29, 0.717) is 0 Å². The lowest BCUT2D eigenvalue weighted by molar-refractivity contribution is -0.686. The Hall–Kier alpha value is -0.740. The van der Waals surface area contributed by atoms with Crippen LogP contribution in [0.5, 0.6) is 0 Å². The third-order valence-corrected chi connectivity index (χ3v) is 2.97. The van der Waals surface area contributed by atoms with Crippen LogP contribution in [-0.2, 0) is 6.54 Å². The molecule has 3 rings (SSSR count). The van der Waals surface area contributed by atoms with E-state index in [0.717, 1.165) is 6.54 Å². The van der Waals surface area contributed by atoms with Crippen molar-refractivity contribution in [2.75, 3.05) is 0 Å². The van der Waals surface area contributed by atoms with Gasteiger partial charge in [-0.25, -0.2) is 0 Å². The molecule has 0 saturated carbocycles. The minimum absolute atomic E-state index is 0. The lowest BCUT2D eigenvalue weighted by atomic mass is 10.1. The number of fused-ring (bicyclic) bond motifs is 1. The molecule has 0 aliphatic carbocycles. The van der Waals surface area contributed by atoms with Crippen molar-refractivity contribution in [3.8, 4) is 0 Å². The fourth-order valence-corrected chi connectivity index (χ4v) is 2.13. The summed E-state index contributed by atoms with van der Waals surface area (Å²) in [6, 6.07) is 6.33. The number of pyridine rings is 1. The molecule has 0 spiro atoms. The van der Waals surface area contributed by atoms with Gasteiger partial charge in [0, 0.05) is 18.6 Å². The van der Waals surface area contributed by atoms with Gasteiger partial charge in [-0.2, -0.15) is 9.14 Å². The van der Waals surface area contributed by atoms with Crippen LogP contribution in [-0.4, -0.2) is 10.3 Å². The SMILES string of the molecule is C1=C[N+]2=C(CC1)C[n+]1ccccc1C=C2.[Br-].[Br-]. The normalized spacial score (nSPS) is 16.2. The summed E-state index contributed by atoms with van der Waals surface area (Å²) >= 11 is 0. The van der Waals surface area contributed by atoms with Gasteiger partial charge in [-0.05, 0) is 18.6 Å². The third-order valence-electron chi connectivity index (χ3n) is 2.97. The predicted octanol–water partition coefficient (Wildman–Crippen LogP) is -4.27. The van der Waals surface area contributed by atoms with E-state index in [1.54, 1.807) is 0 Å². The van der Waals surface area contributed by atoms with E-state index in [9.17, 15) is 0 Å². The third kappa shape index (κ3) is 2.93. The van der Waals surface area contributed by atoms with E-state index >= 15 is 0 Å². The molecule has 90 valence electrons. The van der Waals surface area contributed by atoms with Crippen molar-refractivity contribution in [2.45, 2.75) is 19.4 Å². The summed E-state index contributed by atoms with van der Waals surface area (Å²) in [5.74, 6) is 0. The summed E-state index contributed by atoms with van der Waals surface area (Å²) in [4.78, 5) is 0. The summed E-state index contributed by atoms with van der Waals surface area (Å²) in [5.41, 5.74) is 2.75. The molecule has 2 nitrogen and oxygen atoms in total. The Balaban J connectivity index is 0.000000722. The van der Waals surface area contributed by atoms with Crippen LogP contribution in [0.25, 0.3) is 6.08 Å². The first kappa shape index (κ1) is 14.3. The van der Waals surface area contributed by atoms with Crippen molar-refractivity contribution < 1.29 is 43.1 Å². The number of aromatic nitrogens is 1. The van der Waals surface area contributed by atoms with Crippen LogP contribution in [0, 0.1) is 0 Å². The van der Waals surface area contributed by atoms with Gasteiger partial charge in [0.2, 0.25) is 18.0 Å². The van der Waals surface area contributed by atoms with Crippen LogP contribution in [0.15, 0.2) is 42.9 Å². The van der Waals surface area contributed by atoms with Gasteiger partial charge in [-0.1, -0.05) is 0 Å². The number of hydrogen-bond acceptors (Lipinski definition) is 0. The molecule has 0 N–H and O–H groups in total. The lowest BCUT2D eigenvalue weighted by Gasteiger charge is -2.02. The van der Waals surface area contributed by atoms with Gasteiger partial charge in [-0.15, -0.1) is 0 Å². The second-order valence-electron chi connectivity index (χ2n) is 3.97. The smallest absolute Gasteiger partial charge is 0.229 e. The first-order valence-corrected chi connectivity index (χ1v) is 5.40. The van der Waals surface area contributed by atoms with Gasteiger partial charge in [0.1, 0.15) is 0 Å². The first-order valence-electron chi connectivity index (χ1n) is 5.40. The molecule has 0 saturated heterocycles. The fourth-order valence-electron chi connectivity index (χ4n) is 2.13. The Morgan fingerprint density at radius 3 is 2.82 bits per heavy atom. The van der Waals surface area contributed by atoms with E-state index in [4.69, 9.17) is 0 Å². The summed E-state index contributed by atoms with van der Waals surface area (Å²) in [7, 11) is 0. The molecule has 0 bridgehead atoms. The van der Waals surface area contributed by atoms with E-state index < -0.39 is 0 Å². The van der Waals surface area contributed by atoms with Crippen LogP contribution in [0.3, 0.4) is 0 Å². The molecule has 0 fully saturated rings. The number of nitrogens with zero attached hydrogens (tertiary/aromatic N) is 2. The number of hydrogen-bond donors (Lipinski definition) is 0. The van der Waals surface area contributed by atoms with E-state index in [2.05, 4.69) is 58.1 Å². The Labute approximate surface area is 123 Å². The average molecular weight is 358 g/mol. The zero-order chi connectivity index (χ0) is 10.1. The minimum atomic E-state index is 0. The molecule has 2 aliphatic heterocycles. The van der Waals surface area contributed by atoms with Crippen molar-refractivity contribution in [3.05, 3.63) is 48.6 Å². The molecule has 1 aromatic heterocycles. The molecule has 17 heavy (non-hydrogen) atoms. The van der Waals surface area contributed by atoms with Gasteiger partial charge in [0.15, 0.2) is 18.6 Å².